The van der Waals surface area contributed by atoms with Crippen molar-refractivity contribution in [2.45, 2.75) is 58.4 Å². The minimum Gasteiger partial charge on any atom is -0.377 e. The van der Waals surface area contributed by atoms with Gasteiger partial charge in [-0.2, -0.15) is 22.7 Å². The number of hydrogen-bond acceptors (Lipinski definition) is 7. The highest BCUT2D eigenvalue weighted by Crippen LogP contribution is 2.34. The molecule has 1 saturated heterocycles. The molecule has 14 heteroatoms. The molecule has 0 bridgehead atoms. The summed E-state index contributed by atoms with van der Waals surface area (Å²) >= 11 is 6.08. The first kappa shape index (κ1) is 29.1. The molecule has 2 aromatic heterocycles. The topological polar surface area (TPSA) is 106 Å². The molecule has 2 N–H and O–H groups in total. The van der Waals surface area contributed by atoms with Crippen LogP contribution in [0.5, 0.6) is 0 Å². The standard InChI is InChI=1S/C27H31ClF3N7O3/c1-4-21-23(36-10-9-32-15(2)16(36)3)25(40)38-26(34-24(35-38)17-7-11-41-12-8-17)37(21)14-22(39)33-20-6-5-18(13-19(20)28)27(29,30)31/h5-7,13,15-16,32H,4,8-12,14H2,1-3H3,(H,33,39)/t15-,16-/m0/s1. The lowest BCUT2D eigenvalue weighted by atomic mass is 10.1. The quantitative estimate of drug-likeness (QED) is 0.448. The number of piperazine rings is 1. The summed E-state index contributed by atoms with van der Waals surface area (Å²) < 4.78 is 47.5. The Balaban J connectivity index is 1.60. The number of hydrogen-bond donors (Lipinski definition) is 2. The first-order chi connectivity index (χ1) is 19.5. The van der Waals surface area contributed by atoms with Crippen molar-refractivity contribution in [2.24, 2.45) is 0 Å². The van der Waals surface area contributed by atoms with Crippen molar-refractivity contribution in [3.8, 4) is 0 Å². The van der Waals surface area contributed by atoms with Gasteiger partial charge in [0.15, 0.2) is 5.82 Å². The van der Waals surface area contributed by atoms with Crippen molar-refractivity contribution in [2.75, 3.05) is 36.5 Å². The Morgan fingerprint density at radius 3 is 2.73 bits per heavy atom. The number of fused-ring (bicyclic) bond motifs is 1. The van der Waals surface area contributed by atoms with E-state index in [0.717, 1.165) is 23.8 Å². The molecule has 41 heavy (non-hydrogen) atoms. The van der Waals surface area contributed by atoms with E-state index >= 15 is 0 Å². The van der Waals surface area contributed by atoms with Crippen LogP contribution in [0.15, 0.2) is 29.1 Å². The summed E-state index contributed by atoms with van der Waals surface area (Å²) in [5.74, 6) is 0.0307. The van der Waals surface area contributed by atoms with E-state index in [2.05, 4.69) is 20.7 Å². The molecular weight excluding hydrogens is 563 g/mol. The number of anilines is 2. The number of ether oxygens (including phenoxy) is 1. The second kappa shape index (κ2) is 11.5. The predicted molar refractivity (Wildman–Crippen MR) is 149 cm³/mol. The van der Waals surface area contributed by atoms with Gasteiger partial charge in [0.1, 0.15) is 12.2 Å². The van der Waals surface area contributed by atoms with Crippen molar-refractivity contribution in [1.29, 1.82) is 0 Å². The fraction of sp³-hybridized carbons (Fsp3) is 0.481. The third-order valence-electron chi connectivity index (χ3n) is 7.60. The maximum Gasteiger partial charge on any atom is 0.416 e. The lowest BCUT2D eigenvalue weighted by Gasteiger charge is -2.40. The van der Waals surface area contributed by atoms with Gasteiger partial charge in [-0.05, 0) is 50.5 Å². The Labute approximate surface area is 239 Å². The molecule has 2 atom stereocenters. The van der Waals surface area contributed by atoms with Crippen LogP contribution in [0.1, 0.15) is 44.3 Å². The number of alkyl halides is 3. The van der Waals surface area contributed by atoms with Gasteiger partial charge < -0.3 is 24.8 Å². The summed E-state index contributed by atoms with van der Waals surface area (Å²) in [5.41, 5.74) is 0.690. The SMILES string of the molecule is CCc1c(N2CCN[C@@H](C)[C@@H]2C)c(=O)n2nc(C3=CCOCC3)nc2n1CC(=O)Nc1ccc(C(F)(F)F)cc1Cl. The number of benzene rings is 1. The van der Waals surface area contributed by atoms with Crippen molar-refractivity contribution < 1.29 is 22.7 Å². The van der Waals surface area contributed by atoms with Gasteiger partial charge in [0.2, 0.25) is 11.7 Å². The Morgan fingerprint density at radius 1 is 1.29 bits per heavy atom. The molecular formula is C27H31ClF3N7O3. The van der Waals surface area contributed by atoms with E-state index in [-0.39, 0.29) is 40.7 Å². The highest BCUT2D eigenvalue weighted by Gasteiger charge is 2.33. The van der Waals surface area contributed by atoms with E-state index in [1.165, 1.54) is 4.52 Å². The van der Waals surface area contributed by atoms with Crippen LogP contribution in [0.4, 0.5) is 24.5 Å². The van der Waals surface area contributed by atoms with Crippen molar-refractivity contribution in [1.82, 2.24) is 24.5 Å². The van der Waals surface area contributed by atoms with E-state index < -0.39 is 17.6 Å². The van der Waals surface area contributed by atoms with E-state index in [0.29, 0.717) is 56.4 Å². The zero-order valence-electron chi connectivity index (χ0n) is 22.9. The number of nitrogens with zero attached hydrogens (tertiary/aromatic N) is 5. The Hall–Kier alpha value is -3.42. The Kier molecular flexibility index (Phi) is 8.13. The molecule has 1 amide bonds. The number of carbonyl (C=O) groups is 1. The molecule has 5 rings (SSSR count). The fourth-order valence-electron chi connectivity index (χ4n) is 5.26. The zero-order chi connectivity index (χ0) is 29.5. The minimum absolute atomic E-state index is 0.0198. The molecule has 1 fully saturated rings. The second-order valence-corrected chi connectivity index (χ2v) is 10.6. The van der Waals surface area contributed by atoms with Gasteiger partial charge in [0.25, 0.3) is 5.56 Å². The van der Waals surface area contributed by atoms with Crippen LogP contribution in [-0.4, -0.2) is 63.5 Å². The van der Waals surface area contributed by atoms with Gasteiger partial charge in [-0.15, -0.1) is 5.10 Å². The average molecular weight is 594 g/mol. The summed E-state index contributed by atoms with van der Waals surface area (Å²) in [5, 5.41) is 10.3. The van der Waals surface area contributed by atoms with Crippen molar-refractivity contribution in [3.63, 3.8) is 0 Å². The molecule has 0 aliphatic carbocycles. The maximum atomic E-state index is 14.0. The number of carbonyl (C=O) groups excluding carboxylic acids is 1. The summed E-state index contributed by atoms with van der Waals surface area (Å²) in [6, 6.07) is 2.83. The van der Waals surface area contributed by atoms with Crippen LogP contribution in [0.25, 0.3) is 11.4 Å². The number of nitrogens with one attached hydrogen (secondary N) is 2. The number of rotatable bonds is 6. The summed E-state index contributed by atoms with van der Waals surface area (Å²) in [6.45, 7) is 7.87. The highest BCUT2D eigenvalue weighted by molar-refractivity contribution is 6.33. The van der Waals surface area contributed by atoms with Crippen LogP contribution in [0.2, 0.25) is 5.02 Å². The zero-order valence-corrected chi connectivity index (χ0v) is 23.6. The normalized spacial score (nSPS) is 19.9. The van der Waals surface area contributed by atoms with Gasteiger partial charge in [-0.3, -0.25) is 9.59 Å². The minimum atomic E-state index is -4.57. The predicted octanol–water partition coefficient (Wildman–Crippen LogP) is 3.75. The van der Waals surface area contributed by atoms with Crippen LogP contribution in [-0.2, 0) is 28.7 Å². The summed E-state index contributed by atoms with van der Waals surface area (Å²) in [7, 11) is 0. The lowest BCUT2D eigenvalue weighted by molar-refractivity contribution is -0.137. The molecule has 0 spiro atoms. The van der Waals surface area contributed by atoms with Gasteiger partial charge in [-0.25, -0.2) is 0 Å². The molecule has 2 aliphatic rings. The van der Waals surface area contributed by atoms with E-state index in [4.69, 9.17) is 16.3 Å². The van der Waals surface area contributed by atoms with E-state index in [1.54, 1.807) is 4.57 Å². The van der Waals surface area contributed by atoms with E-state index in [1.807, 2.05) is 31.7 Å². The second-order valence-electron chi connectivity index (χ2n) is 10.2. The molecule has 0 unspecified atom stereocenters. The maximum absolute atomic E-state index is 14.0. The Morgan fingerprint density at radius 2 is 2.07 bits per heavy atom. The number of amides is 1. The highest BCUT2D eigenvalue weighted by atomic mass is 35.5. The summed E-state index contributed by atoms with van der Waals surface area (Å²) in [4.78, 5) is 34.0. The van der Waals surface area contributed by atoms with Gasteiger partial charge in [0, 0.05) is 25.2 Å². The summed E-state index contributed by atoms with van der Waals surface area (Å²) in [6.07, 6.45) is -1.70. The van der Waals surface area contributed by atoms with Gasteiger partial charge >= 0.3 is 6.18 Å². The molecule has 0 saturated carbocycles. The first-order valence-corrected chi connectivity index (χ1v) is 13.8. The molecule has 3 aromatic rings. The lowest BCUT2D eigenvalue weighted by Crippen LogP contribution is -2.57. The van der Waals surface area contributed by atoms with E-state index in [9.17, 15) is 22.8 Å². The van der Waals surface area contributed by atoms with Crippen LogP contribution < -0.4 is 21.1 Å². The van der Waals surface area contributed by atoms with Gasteiger partial charge in [-0.1, -0.05) is 24.6 Å². The van der Waals surface area contributed by atoms with Crippen molar-refractivity contribution in [3.05, 3.63) is 56.7 Å². The molecule has 10 nitrogen and oxygen atoms in total. The van der Waals surface area contributed by atoms with Crippen LogP contribution in [0, 0.1) is 0 Å². The molecule has 2 aliphatic heterocycles. The van der Waals surface area contributed by atoms with Crippen LogP contribution >= 0.6 is 11.6 Å². The Bertz CT molecular complexity index is 1570. The molecule has 1 aromatic carbocycles. The molecule has 0 radical (unpaired) electrons. The molecule has 220 valence electrons. The third-order valence-corrected chi connectivity index (χ3v) is 7.92. The van der Waals surface area contributed by atoms with Crippen molar-refractivity contribution >= 4 is 40.2 Å². The largest absolute Gasteiger partial charge is 0.416 e. The average Bonchev–Trinajstić information content (AvgIpc) is 3.39. The fourth-order valence-corrected chi connectivity index (χ4v) is 5.49. The first-order valence-electron chi connectivity index (χ1n) is 13.5. The third kappa shape index (κ3) is 5.70. The number of aromatic nitrogens is 4. The van der Waals surface area contributed by atoms with Crippen LogP contribution in [0.3, 0.4) is 0 Å². The smallest absolute Gasteiger partial charge is 0.377 e. The van der Waals surface area contributed by atoms with Gasteiger partial charge in [0.05, 0.1) is 35.2 Å². The monoisotopic (exact) mass is 593 g/mol. The molecule has 4 heterocycles. The number of halogens is 4.